The van der Waals surface area contributed by atoms with Gasteiger partial charge in [-0.15, -0.1) is 0 Å². The summed E-state index contributed by atoms with van der Waals surface area (Å²) in [6.45, 7) is 1.73. The number of nitrogens with zero attached hydrogens (tertiary/aromatic N) is 1. The van der Waals surface area contributed by atoms with Crippen molar-refractivity contribution < 1.29 is 9.18 Å². The van der Waals surface area contributed by atoms with Gasteiger partial charge < -0.3 is 4.57 Å². The Morgan fingerprint density at radius 2 is 1.90 bits per heavy atom. The summed E-state index contributed by atoms with van der Waals surface area (Å²) >= 11 is 6.00. The van der Waals surface area contributed by atoms with E-state index in [1.54, 1.807) is 19.2 Å². The molecule has 0 saturated heterocycles. The number of aryl methyl sites for hydroxylation is 2. The van der Waals surface area contributed by atoms with Gasteiger partial charge in [0.2, 0.25) is 0 Å². The van der Waals surface area contributed by atoms with E-state index in [1.807, 2.05) is 23.7 Å². The Labute approximate surface area is 126 Å². The number of aromatic nitrogens is 1. The van der Waals surface area contributed by atoms with Crippen molar-refractivity contribution in [2.45, 2.75) is 6.92 Å². The summed E-state index contributed by atoms with van der Waals surface area (Å²) in [7, 11) is 1.87. The van der Waals surface area contributed by atoms with E-state index >= 15 is 0 Å². The van der Waals surface area contributed by atoms with Crippen molar-refractivity contribution in [2.24, 2.45) is 7.05 Å². The quantitative estimate of drug-likeness (QED) is 0.638. The minimum absolute atomic E-state index is 0.111. The van der Waals surface area contributed by atoms with E-state index in [4.69, 9.17) is 11.6 Å². The fourth-order valence-electron chi connectivity index (χ4n) is 2.56. The third kappa shape index (κ3) is 2.34. The molecule has 106 valence electrons. The minimum atomic E-state index is -0.339. The zero-order valence-corrected chi connectivity index (χ0v) is 12.4. The van der Waals surface area contributed by atoms with E-state index in [0.717, 1.165) is 10.9 Å². The van der Waals surface area contributed by atoms with Crippen molar-refractivity contribution in [3.8, 4) is 0 Å². The van der Waals surface area contributed by atoms with Gasteiger partial charge >= 0.3 is 0 Å². The van der Waals surface area contributed by atoms with Crippen LogP contribution in [0.4, 0.5) is 4.39 Å². The summed E-state index contributed by atoms with van der Waals surface area (Å²) in [5.41, 5.74) is 2.63. The third-order valence-electron chi connectivity index (χ3n) is 3.63. The van der Waals surface area contributed by atoms with Crippen molar-refractivity contribution in [1.29, 1.82) is 0 Å². The second-order valence-corrected chi connectivity index (χ2v) is 5.54. The Balaban J connectivity index is 2.18. The van der Waals surface area contributed by atoms with Crippen LogP contribution in [0.1, 0.15) is 21.5 Å². The summed E-state index contributed by atoms with van der Waals surface area (Å²) in [4.78, 5) is 12.7. The maximum absolute atomic E-state index is 13.2. The Morgan fingerprint density at radius 1 is 1.14 bits per heavy atom. The van der Waals surface area contributed by atoms with Gasteiger partial charge in [0.05, 0.1) is 0 Å². The molecule has 2 aromatic carbocycles. The number of carbonyl (C=O) groups excluding carboxylic acids is 1. The molecule has 0 atom stereocenters. The van der Waals surface area contributed by atoms with Gasteiger partial charge in [0.25, 0.3) is 0 Å². The largest absolute Gasteiger partial charge is 0.350 e. The smallest absolute Gasteiger partial charge is 0.195 e. The molecule has 1 heterocycles. The summed E-state index contributed by atoms with van der Waals surface area (Å²) in [6.07, 6.45) is 1.78. The van der Waals surface area contributed by atoms with Gasteiger partial charge in [-0.2, -0.15) is 0 Å². The normalized spacial score (nSPS) is 11.0. The Hall–Kier alpha value is -2.13. The number of carbonyl (C=O) groups is 1. The van der Waals surface area contributed by atoms with Crippen LogP contribution >= 0.6 is 11.6 Å². The Morgan fingerprint density at radius 3 is 2.62 bits per heavy atom. The van der Waals surface area contributed by atoms with Crippen LogP contribution in [0.15, 0.2) is 42.6 Å². The molecule has 0 bridgehead atoms. The van der Waals surface area contributed by atoms with Crippen LogP contribution in [-0.4, -0.2) is 10.4 Å². The molecule has 1 aromatic heterocycles. The molecule has 4 heteroatoms. The molecule has 0 saturated carbocycles. The second kappa shape index (κ2) is 5.01. The summed E-state index contributed by atoms with van der Waals surface area (Å²) in [5, 5.41) is 1.47. The highest BCUT2D eigenvalue weighted by atomic mass is 35.5. The van der Waals surface area contributed by atoms with Crippen LogP contribution in [0, 0.1) is 12.7 Å². The van der Waals surface area contributed by atoms with E-state index in [0.29, 0.717) is 21.7 Å². The summed E-state index contributed by atoms with van der Waals surface area (Å²) in [6, 6.07) is 9.63. The van der Waals surface area contributed by atoms with Crippen LogP contribution in [0.3, 0.4) is 0 Å². The number of rotatable bonds is 2. The Kier molecular flexibility index (Phi) is 3.30. The van der Waals surface area contributed by atoms with Crippen LogP contribution < -0.4 is 0 Å². The lowest BCUT2D eigenvalue weighted by Gasteiger charge is -2.04. The number of halogens is 2. The van der Waals surface area contributed by atoms with E-state index in [-0.39, 0.29) is 11.6 Å². The first-order valence-corrected chi connectivity index (χ1v) is 6.90. The molecular formula is C17H13ClFNO. The number of fused-ring (bicyclic) bond motifs is 1. The molecule has 0 radical (unpaired) electrons. The molecule has 21 heavy (non-hydrogen) atoms. The lowest BCUT2D eigenvalue weighted by molar-refractivity contribution is 0.103. The first-order valence-electron chi connectivity index (χ1n) is 6.53. The van der Waals surface area contributed by atoms with E-state index in [2.05, 4.69) is 0 Å². The maximum Gasteiger partial charge on any atom is 0.195 e. The topological polar surface area (TPSA) is 22.0 Å². The zero-order valence-electron chi connectivity index (χ0n) is 11.7. The average molecular weight is 302 g/mol. The van der Waals surface area contributed by atoms with Crippen LogP contribution in [0.25, 0.3) is 10.9 Å². The first-order chi connectivity index (χ1) is 9.97. The second-order valence-electron chi connectivity index (χ2n) is 5.10. The van der Waals surface area contributed by atoms with Crippen molar-refractivity contribution in [3.63, 3.8) is 0 Å². The standard InChI is InChI=1S/C17H13ClFNO/c1-10-7-12(19)4-6-13(10)17(21)15-9-20(2)16-8-11(18)3-5-14(15)16/h3-9H,1-2H3. The molecule has 3 aromatic rings. The molecule has 0 aliphatic heterocycles. The molecule has 0 aliphatic carbocycles. The lowest BCUT2D eigenvalue weighted by atomic mass is 9.99. The third-order valence-corrected chi connectivity index (χ3v) is 3.87. The van der Waals surface area contributed by atoms with Gasteiger partial charge in [-0.05, 0) is 42.8 Å². The molecular weight excluding hydrogens is 289 g/mol. The van der Waals surface area contributed by atoms with Crippen LogP contribution in [0.2, 0.25) is 5.02 Å². The lowest BCUT2D eigenvalue weighted by Crippen LogP contribution is -2.03. The fourth-order valence-corrected chi connectivity index (χ4v) is 2.73. The average Bonchev–Trinajstić information content (AvgIpc) is 2.75. The van der Waals surface area contributed by atoms with Gasteiger partial charge in [-0.3, -0.25) is 4.79 Å². The molecule has 2 nitrogen and oxygen atoms in total. The molecule has 0 N–H and O–H groups in total. The molecule has 0 aliphatic rings. The predicted molar refractivity (Wildman–Crippen MR) is 82.5 cm³/mol. The number of benzene rings is 2. The van der Waals surface area contributed by atoms with Crippen LogP contribution in [0.5, 0.6) is 0 Å². The number of ketones is 1. The maximum atomic E-state index is 13.2. The van der Waals surface area contributed by atoms with Gasteiger partial charge in [0, 0.05) is 40.3 Å². The number of hydrogen-bond donors (Lipinski definition) is 0. The summed E-state index contributed by atoms with van der Waals surface area (Å²) < 4.78 is 15.1. The monoisotopic (exact) mass is 301 g/mol. The highest BCUT2D eigenvalue weighted by molar-refractivity contribution is 6.31. The van der Waals surface area contributed by atoms with Gasteiger partial charge in [0.15, 0.2) is 5.78 Å². The van der Waals surface area contributed by atoms with Crippen molar-refractivity contribution in [2.75, 3.05) is 0 Å². The Bertz CT molecular complexity index is 867. The molecule has 3 rings (SSSR count). The van der Waals surface area contributed by atoms with E-state index in [9.17, 15) is 9.18 Å². The highest BCUT2D eigenvalue weighted by Gasteiger charge is 2.17. The number of hydrogen-bond acceptors (Lipinski definition) is 1. The van der Waals surface area contributed by atoms with Crippen LogP contribution in [-0.2, 0) is 7.05 Å². The highest BCUT2D eigenvalue weighted by Crippen LogP contribution is 2.26. The van der Waals surface area contributed by atoms with Gasteiger partial charge in [-0.25, -0.2) is 4.39 Å². The fraction of sp³-hybridized carbons (Fsp3) is 0.118. The van der Waals surface area contributed by atoms with Crippen molar-refractivity contribution in [1.82, 2.24) is 4.57 Å². The van der Waals surface area contributed by atoms with Gasteiger partial charge in [-0.1, -0.05) is 17.7 Å². The summed E-state index contributed by atoms with van der Waals surface area (Å²) in [5.74, 6) is -0.450. The van der Waals surface area contributed by atoms with E-state index in [1.165, 1.54) is 18.2 Å². The predicted octanol–water partition coefficient (Wildman–Crippen LogP) is 4.51. The first kappa shape index (κ1) is 13.8. The molecule has 0 unspecified atom stereocenters. The van der Waals surface area contributed by atoms with Crippen molar-refractivity contribution >= 4 is 28.3 Å². The SMILES string of the molecule is Cc1cc(F)ccc1C(=O)c1cn(C)c2cc(Cl)ccc12. The van der Waals surface area contributed by atoms with E-state index < -0.39 is 0 Å². The molecule has 0 fully saturated rings. The van der Waals surface area contributed by atoms with Crippen molar-refractivity contribution in [3.05, 3.63) is 70.1 Å². The molecule has 0 spiro atoms. The molecule has 0 amide bonds. The van der Waals surface area contributed by atoms with Gasteiger partial charge in [0.1, 0.15) is 5.82 Å². The minimum Gasteiger partial charge on any atom is -0.350 e. The zero-order chi connectivity index (χ0) is 15.1.